The third kappa shape index (κ3) is 7.00. The molecule has 0 aliphatic rings. The molecule has 0 aliphatic carbocycles. The molecule has 0 aromatic heterocycles. The maximum atomic E-state index is 11.4. The second-order valence-electron chi connectivity index (χ2n) is 3.71. The lowest BCUT2D eigenvalue weighted by Gasteiger charge is -2.14. The topological polar surface area (TPSA) is 75.6 Å². The molecule has 5 nitrogen and oxygen atoms in total. The molecule has 2 atom stereocenters. The van der Waals surface area contributed by atoms with E-state index in [2.05, 4.69) is 11.9 Å². The molecule has 0 saturated carbocycles. The molecule has 2 unspecified atom stereocenters. The number of nitrogens with one attached hydrogen (secondary N) is 1. The highest BCUT2D eigenvalue weighted by molar-refractivity contribution is 5.80. The molecule has 0 spiro atoms. The molecule has 0 saturated heterocycles. The Morgan fingerprint density at radius 2 is 2.12 bits per heavy atom. The first kappa shape index (κ1) is 14.6. The van der Waals surface area contributed by atoms with E-state index in [9.17, 15) is 9.59 Å². The van der Waals surface area contributed by atoms with Crippen LogP contribution < -0.4 is 5.32 Å². The Bertz CT molecular complexity index is 252. The summed E-state index contributed by atoms with van der Waals surface area (Å²) in [4.78, 5) is 21.8. The quantitative estimate of drug-likeness (QED) is 0.604. The predicted octanol–water partition coefficient (Wildman–Crippen LogP) is 0.804. The van der Waals surface area contributed by atoms with Crippen LogP contribution in [-0.2, 0) is 14.3 Å². The van der Waals surface area contributed by atoms with Crippen LogP contribution in [0.25, 0.3) is 0 Å². The fourth-order valence-corrected chi connectivity index (χ4v) is 1.08. The van der Waals surface area contributed by atoms with Gasteiger partial charge in [0.15, 0.2) is 0 Å². The number of amides is 1. The Labute approximate surface area is 95.5 Å². The number of carbonyl (C=O) groups excluding carboxylic acids is 1. The van der Waals surface area contributed by atoms with Gasteiger partial charge >= 0.3 is 5.97 Å². The molecule has 0 radical (unpaired) electrons. The summed E-state index contributed by atoms with van der Waals surface area (Å²) in [5.41, 5.74) is 0. The number of aliphatic carboxylic acids is 1. The second-order valence-corrected chi connectivity index (χ2v) is 3.71. The number of rotatable bonds is 8. The number of ether oxygens (including phenoxy) is 1. The maximum Gasteiger partial charge on any atom is 0.303 e. The van der Waals surface area contributed by atoms with Crippen LogP contribution in [0.2, 0.25) is 0 Å². The summed E-state index contributed by atoms with van der Waals surface area (Å²) in [7, 11) is 0. The van der Waals surface area contributed by atoms with E-state index >= 15 is 0 Å². The fourth-order valence-electron chi connectivity index (χ4n) is 1.08. The summed E-state index contributed by atoms with van der Waals surface area (Å²) in [6.07, 6.45) is 1.06. The number of hydrogen-bond acceptors (Lipinski definition) is 3. The molecule has 0 bridgehead atoms. The van der Waals surface area contributed by atoms with Gasteiger partial charge in [-0.1, -0.05) is 13.0 Å². The zero-order valence-electron chi connectivity index (χ0n) is 9.73. The highest BCUT2D eigenvalue weighted by Gasteiger charge is 2.14. The zero-order chi connectivity index (χ0) is 12.6. The molecule has 0 aromatic rings. The SMILES string of the molecule is C=CCOC(C)C(=O)NCC(C)CC(=O)O. The van der Waals surface area contributed by atoms with E-state index in [4.69, 9.17) is 9.84 Å². The van der Waals surface area contributed by atoms with Crippen molar-refractivity contribution in [1.29, 1.82) is 0 Å². The highest BCUT2D eigenvalue weighted by Crippen LogP contribution is 2.00. The Morgan fingerprint density at radius 1 is 1.50 bits per heavy atom. The van der Waals surface area contributed by atoms with Crippen LogP contribution in [-0.4, -0.2) is 36.2 Å². The van der Waals surface area contributed by atoms with E-state index in [-0.39, 0.29) is 18.2 Å². The van der Waals surface area contributed by atoms with Crippen molar-refractivity contribution < 1.29 is 19.4 Å². The van der Waals surface area contributed by atoms with Gasteiger partial charge in [0, 0.05) is 13.0 Å². The molecule has 0 rings (SSSR count). The first-order valence-corrected chi connectivity index (χ1v) is 5.19. The molecular weight excluding hydrogens is 210 g/mol. The Kier molecular flexibility index (Phi) is 7.20. The summed E-state index contributed by atoms with van der Waals surface area (Å²) in [6.45, 7) is 7.54. The van der Waals surface area contributed by atoms with Gasteiger partial charge in [-0.2, -0.15) is 0 Å². The summed E-state index contributed by atoms with van der Waals surface area (Å²) >= 11 is 0. The molecular formula is C11H19NO4. The van der Waals surface area contributed by atoms with Crippen molar-refractivity contribution in [2.24, 2.45) is 5.92 Å². The van der Waals surface area contributed by atoms with Gasteiger partial charge in [-0.15, -0.1) is 6.58 Å². The Balaban J connectivity index is 3.78. The number of hydrogen-bond donors (Lipinski definition) is 2. The standard InChI is InChI=1S/C11H19NO4/c1-4-5-16-9(3)11(15)12-7-8(2)6-10(13)14/h4,8-9H,1,5-7H2,2-3H3,(H,12,15)(H,13,14). The normalized spacial score (nSPS) is 13.9. The summed E-state index contributed by atoms with van der Waals surface area (Å²) in [5, 5.41) is 11.2. The van der Waals surface area contributed by atoms with Crippen molar-refractivity contribution in [3.05, 3.63) is 12.7 Å². The first-order chi connectivity index (χ1) is 7.47. The largest absolute Gasteiger partial charge is 0.481 e. The lowest BCUT2D eigenvalue weighted by Crippen LogP contribution is -2.37. The summed E-state index contributed by atoms with van der Waals surface area (Å²) in [5.74, 6) is -1.19. The lowest BCUT2D eigenvalue weighted by molar-refractivity contribution is -0.138. The van der Waals surface area contributed by atoms with Gasteiger partial charge in [-0.25, -0.2) is 0 Å². The van der Waals surface area contributed by atoms with Crippen LogP contribution in [0.5, 0.6) is 0 Å². The zero-order valence-corrected chi connectivity index (χ0v) is 9.73. The van der Waals surface area contributed by atoms with Crippen molar-refractivity contribution in [1.82, 2.24) is 5.32 Å². The Hall–Kier alpha value is -1.36. The smallest absolute Gasteiger partial charge is 0.303 e. The monoisotopic (exact) mass is 229 g/mol. The van der Waals surface area contributed by atoms with Gasteiger partial charge in [0.1, 0.15) is 6.10 Å². The summed E-state index contributed by atoms with van der Waals surface area (Å²) < 4.78 is 5.12. The minimum absolute atomic E-state index is 0.0438. The van der Waals surface area contributed by atoms with Gasteiger partial charge < -0.3 is 15.2 Å². The van der Waals surface area contributed by atoms with Crippen LogP contribution in [0.15, 0.2) is 12.7 Å². The van der Waals surface area contributed by atoms with Gasteiger partial charge in [0.25, 0.3) is 0 Å². The molecule has 16 heavy (non-hydrogen) atoms. The molecule has 2 N–H and O–H groups in total. The van der Waals surface area contributed by atoms with Gasteiger partial charge in [0.05, 0.1) is 6.61 Å². The molecule has 5 heteroatoms. The average Bonchev–Trinajstić information content (AvgIpc) is 2.21. The van der Waals surface area contributed by atoms with E-state index in [1.165, 1.54) is 0 Å². The predicted molar refractivity (Wildman–Crippen MR) is 60.0 cm³/mol. The van der Waals surface area contributed by atoms with Gasteiger partial charge in [-0.05, 0) is 12.8 Å². The molecule has 1 amide bonds. The van der Waals surface area contributed by atoms with Crippen molar-refractivity contribution in [3.63, 3.8) is 0 Å². The average molecular weight is 229 g/mol. The lowest BCUT2D eigenvalue weighted by atomic mass is 10.1. The highest BCUT2D eigenvalue weighted by atomic mass is 16.5. The van der Waals surface area contributed by atoms with Crippen LogP contribution in [0.4, 0.5) is 0 Å². The number of carbonyl (C=O) groups is 2. The second kappa shape index (κ2) is 7.87. The van der Waals surface area contributed by atoms with Crippen molar-refractivity contribution in [2.45, 2.75) is 26.4 Å². The fraction of sp³-hybridized carbons (Fsp3) is 0.636. The van der Waals surface area contributed by atoms with E-state index in [1.807, 2.05) is 0 Å². The van der Waals surface area contributed by atoms with E-state index < -0.39 is 12.1 Å². The summed E-state index contributed by atoms with van der Waals surface area (Å²) in [6, 6.07) is 0. The van der Waals surface area contributed by atoms with Crippen LogP contribution in [0, 0.1) is 5.92 Å². The molecule has 0 heterocycles. The third-order valence-corrected chi connectivity index (χ3v) is 1.98. The molecule has 0 fully saturated rings. The van der Waals surface area contributed by atoms with Gasteiger partial charge in [0.2, 0.25) is 5.91 Å². The molecule has 92 valence electrons. The van der Waals surface area contributed by atoms with Crippen LogP contribution >= 0.6 is 0 Å². The maximum absolute atomic E-state index is 11.4. The third-order valence-electron chi connectivity index (χ3n) is 1.98. The van der Waals surface area contributed by atoms with Crippen LogP contribution in [0.3, 0.4) is 0 Å². The first-order valence-electron chi connectivity index (χ1n) is 5.19. The molecule has 0 aromatic carbocycles. The Morgan fingerprint density at radius 3 is 2.62 bits per heavy atom. The number of carboxylic acid groups (broad SMARTS) is 1. The number of carboxylic acids is 1. The van der Waals surface area contributed by atoms with E-state index in [1.54, 1.807) is 19.9 Å². The minimum Gasteiger partial charge on any atom is -0.481 e. The van der Waals surface area contributed by atoms with Crippen LogP contribution in [0.1, 0.15) is 20.3 Å². The van der Waals surface area contributed by atoms with Crippen molar-refractivity contribution in [2.75, 3.05) is 13.2 Å². The minimum atomic E-state index is -0.863. The van der Waals surface area contributed by atoms with Gasteiger partial charge in [-0.3, -0.25) is 9.59 Å². The van der Waals surface area contributed by atoms with E-state index in [0.717, 1.165) is 0 Å². The van der Waals surface area contributed by atoms with Crippen molar-refractivity contribution >= 4 is 11.9 Å². The van der Waals surface area contributed by atoms with E-state index in [0.29, 0.717) is 13.2 Å². The molecule has 0 aliphatic heterocycles. The van der Waals surface area contributed by atoms with Crippen molar-refractivity contribution in [3.8, 4) is 0 Å².